The average Bonchev–Trinajstić information content (AvgIpc) is 2.65. The molecule has 0 heterocycles. The summed E-state index contributed by atoms with van der Waals surface area (Å²) in [5, 5.41) is 3.15. The highest BCUT2D eigenvalue weighted by Crippen LogP contribution is 2.23. The Labute approximate surface area is 169 Å². The lowest BCUT2D eigenvalue weighted by molar-refractivity contribution is -0.142. The van der Waals surface area contributed by atoms with Crippen LogP contribution in [0.3, 0.4) is 0 Å². The highest BCUT2D eigenvalue weighted by Gasteiger charge is 2.27. The Kier molecular flexibility index (Phi) is 7.81. The first-order valence-electron chi connectivity index (χ1n) is 9.00. The largest absolute Gasteiger partial charge is 0.482 e. The molecule has 1 N–H and O–H groups in total. The molecule has 0 bridgehead atoms. The zero-order valence-electron chi connectivity index (χ0n) is 16.1. The van der Waals surface area contributed by atoms with Gasteiger partial charge < -0.3 is 15.0 Å². The van der Waals surface area contributed by atoms with E-state index in [9.17, 15) is 14.0 Å². The van der Waals surface area contributed by atoms with Gasteiger partial charge in [-0.2, -0.15) is 0 Å². The fourth-order valence-corrected chi connectivity index (χ4v) is 2.77. The molecular weight excluding hydrogens is 383 g/mol. The highest BCUT2D eigenvalue weighted by molar-refractivity contribution is 6.32. The molecule has 2 aromatic rings. The summed E-state index contributed by atoms with van der Waals surface area (Å²) in [7, 11) is 0. The lowest BCUT2D eigenvalue weighted by Crippen LogP contribution is -2.50. The first-order valence-corrected chi connectivity index (χ1v) is 9.38. The first kappa shape index (κ1) is 21.7. The Morgan fingerprint density at radius 1 is 1.11 bits per heavy atom. The minimum absolute atomic E-state index is 0.0515. The second-order valence-corrected chi connectivity index (χ2v) is 7.08. The number of para-hydroxylation sites is 1. The first-order chi connectivity index (χ1) is 13.3. The predicted octanol–water partition coefficient (Wildman–Crippen LogP) is 3.80. The molecule has 5 nitrogen and oxygen atoms in total. The molecule has 0 aromatic heterocycles. The summed E-state index contributed by atoms with van der Waals surface area (Å²) in [5.41, 5.74) is 0.317. The number of halogens is 2. The summed E-state index contributed by atoms with van der Waals surface area (Å²) in [6.45, 7) is 4.88. The molecule has 0 radical (unpaired) electrons. The van der Waals surface area contributed by atoms with E-state index in [1.54, 1.807) is 49.4 Å². The molecule has 0 unspecified atom stereocenters. The van der Waals surface area contributed by atoms with Gasteiger partial charge in [0.2, 0.25) is 5.91 Å². The van der Waals surface area contributed by atoms with Gasteiger partial charge in [-0.25, -0.2) is 4.39 Å². The van der Waals surface area contributed by atoms with E-state index in [1.807, 2.05) is 13.8 Å². The van der Waals surface area contributed by atoms with Crippen molar-refractivity contribution >= 4 is 23.4 Å². The maximum Gasteiger partial charge on any atom is 0.261 e. The van der Waals surface area contributed by atoms with Crippen LogP contribution in [0.15, 0.2) is 48.5 Å². The van der Waals surface area contributed by atoms with E-state index in [0.29, 0.717) is 16.3 Å². The third-order valence-corrected chi connectivity index (χ3v) is 4.40. The second-order valence-electron chi connectivity index (χ2n) is 6.67. The number of rotatable bonds is 8. The summed E-state index contributed by atoms with van der Waals surface area (Å²) < 4.78 is 19.6. The van der Waals surface area contributed by atoms with Gasteiger partial charge in [-0.05, 0) is 39.0 Å². The van der Waals surface area contributed by atoms with Gasteiger partial charge in [0, 0.05) is 18.2 Å². The van der Waals surface area contributed by atoms with Crippen LogP contribution in [0.2, 0.25) is 5.02 Å². The van der Waals surface area contributed by atoms with Gasteiger partial charge in [-0.15, -0.1) is 0 Å². The van der Waals surface area contributed by atoms with Crippen LogP contribution in [-0.2, 0) is 16.1 Å². The molecule has 7 heteroatoms. The molecule has 0 aliphatic rings. The number of hydrogen-bond donors (Lipinski definition) is 1. The van der Waals surface area contributed by atoms with Crippen molar-refractivity contribution in [2.45, 2.75) is 39.4 Å². The van der Waals surface area contributed by atoms with Gasteiger partial charge in [0.15, 0.2) is 6.61 Å². The average molecular weight is 407 g/mol. The van der Waals surface area contributed by atoms with Crippen LogP contribution < -0.4 is 10.1 Å². The van der Waals surface area contributed by atoms with Crippen LogP contribution in [0.5, 0.6) is 5.75 Å². The van der Waals surface area contributed by atoms with E-state index >= 15 is 0 Å². The molecule has 28 heavy (non-hydrogen) atoms. The molecule has 0 fully saturated rings. The number of nitrogens with zero attached hydrogens (tertiary/aromatic N) is 1. The highest BCUT2D eigenvalue weighted by atomic mass is 35.5. The Morgan fingerprint density at radius 3 is 2.39 bits per heavy atom. The lowest BCUT2D eigenvalue weighted by Gasteiger charge is -2.29. The van der Waals surface area contributed by atoms with Crippen LogP contribution in [0.25, 0.3) is 0 Å². The van der Waals surface area contributed by atoms with E-state index in [-0.39, 0.29) is 25.1 Å². The van der Waals surface area contributed by atoms with Crippen LogP contribution in [0.4, 0.5) is 4.39 Å². The van der Waals surface area contributed by atoms with Crippen molar-refractivity contribution in [1.29, 1.82) is 0 Å². The number of hydrogen-bond acceptors (Lipinski definition) is 3. The zero-order valence-corrected chi connectivity index (χ0v) is 16.9. The van der Waals surface area contributed by atoms with Crippen LogP contribution >= 0.6 is 11.6 Å². The summed E-state index contributed by atoms with van der Waals surface area (Å²) in [6, 6.07) is 12.0. The summed E-state index contributed by atoms with van der Waals surface area (Å²) in [5.74, 6) is -0.849. The maximum atomic E-state index is 14.1. The Balaban J connectivity index is 2.18. The van der Waals surface area contributed by atoms with Gasteiger partial charge in [-0.1, -0.05) is 41.9 Å². The van der Waals surface area contributed by atoms with Crippen molar-refractivity contribution in [3.63, 3.8) is 0 Å². The summed E-state index contributed by atoms with van der Waals surface area (Å²) in [6.07, 6.45) is 0. The molecule has 0 aliphatic carbocycles. The van der Waals surface area contributed by atoms with E-state index in [2.05, 4.69) is 5.32 Å². The van der Waals surface area contributed by atoms with Crippen molar-refractivity contribution in [3.05, 3.63) is 64.9 Å². The monoisotopic (exact) mass is 406 g/mol. The van der Waals surface area contributed by atoms with Gasteiger partial charge in [0.1, 0.15) is 17.6 Å². The van der Waals surface area contributed by atoms with Gasteiger partial charge >= 0.3 is 0 Å². The fourth-order valence-electron chi connectivity index (χ4n) is 2.58. The number of nitrogens with one attached hydrogen (secondary N) is 1. The molecule has 0 aliphatic heterocycles. The number of carbonyl (C=O) groups is 2. The Bertz CT molecular complexity index is 829. The Morgan fingerprint density at radius 2 is 1.75 bits per heavy atom. The van der Waals surface area contributed by atoms with E-state index < -0.39 is 17.8 Å². The smallest absolute Gasteiger partial charge is 0.261 e. The third kappa shape index (κ3) is 5.96. The Hall–Kier alpha value is -2.60. The van der Waals surface area contributed by atoms with Gasteiger partial charge in [0.05, 0.1) is 5.02 Å². The summed E-state index contributed by atoms with van der Waals surface area (Å²) in [4.78, 5) is 26.6. The minimum Gasteiger partial charge on any atom is -0.482 e. The molecule has 2 amide bonds. The molecule has 0 spiro atoms. The van der Waals surface area contributed by atoms with E-state index in [1.165, 1.54) is 11.0 Å². The van der Waals surface area contributed by atoms with Crippen molar-refractivity contribution in [2.75, 3.05) is 6.61 Å². The third-order valence-electron chi connectivity index (χ3n) is 4.08. The molecule has 2 rings (SSSR count). The van der Waals surface area contributed by atoms with Crippen LogP contribution in [0.1, 0.15) is 26.3 Å². The molecular formula is C21H24ClFN2O3. The molecule has 0 saturated heterocycles. The zero-order chi connectivity index (χ0) is 20.7. The normalized spacial score (nSPS) is 11.8. The molecule has 150 valence electrons. The van der Waals surface area contributed by atoms with Crippen molar-refractivity contribution in [3.8, 4) is 5.75 Å². The van der Waals surface area contributed by atoms with E-state index in [4.69, 9.17) is 16.3 Å². The standard InChI is InChI=1S/C21H24ClFN2O3/c1-14(2)24-21(27)15(3)25(12-16-8-4-6-10-18(16)23)20(26)13-28-19-11-7-5-9-17(19)22/h4-11,14-15H,12-13H2,1-3H3,(H,24,27)/t15-/m0/s1. The van der Waals surface area contributed by atoms with Crippen molar-refractivity contribution < 1.29 is 18.7 Å². The van der Waals surface area contributed by atoms with Gasteiger partial charge in [0.25, 0.3) is 5.91 Å². The SMILES string of the molecule is CC(C)NC(=O)[C@H](C)N(Cc1ccccc1F)C(=O)COc1ccccc1Cl. The number of amides is 2. The second kappa shape index (κ2) is 10.1. The topological polar surface area (TPSA) is 58.6 Å². The lowest BCUT2D eigenvalue weighted by atomic mass is 10.1. The summed E-state index contributed by atoms with van der Waals surface area (Å²) >= 11 is 6.04. The molecule has 1 atom stereocenters. The number of benzene rings is 2. The predicted molar refractivity (Wildman–Crippen MR) is 107 cm³/mol. The maximum absolute atomic E-state index is 14.1. The van der Waals surface area contributed by atoms with Crippen molar-refractivity contribution in [2.24, 2.45) is 0 Å². The quantitative estimate of drug-likeness (QED) is 0.725. The van der Waals surface area contributed by atoms with E-state index in [0.717, 1.165) is 0 Å². The fraction of sp³-hybridized carbons (Fsp3) is 0.333. The van der Waals surface area contributed by atoms with Crippen molar-refractivity contribution in [1.82, 2.24) is 10.2 Å². The molecule has 0 saturated carbocycles. The molecule has 2 aromatic carbocycles. The van der Waals surface area contributed by atoms with Crippen LogP contribution in [-0.4, -0.2) is 35.4 Å². The number of carbonyl (C=O) groups excluding carboxylic acids is 2. The van der Waals surface area contributed by atoms with Crippen LogP contribution in [0, 0.1) is 5.82 Å². The number of ether oxygens (including phenoxy) is 1. The van der Waals surface area contributed by atoms with Gasteiger partial charge in [-0.3, -0.25) is 9.59 Å². The minimum atomic E-state index is -0.802.